The third-order valence-electron chi connectivity index (χ3n) is 2.73. The van der Waals surface area contributed by atoms with E-state index in [0.29, 0.717) is 4.90 Å². The van der Waals surface area contributed by atoms with Gasteiger partial charge in [-0.1, -0.05) is 6.07 Å². The van der Waals surface area contributed by atoms with Crippen molar-refractivity contribution in [3.8, 4) is 0 Å². The Labute approximate surface area is 117 Å². The fourth-order valence-electron chi connectivity index (χ4n) is 1.72. The quantitative estimate of drug-likeness (QED) is 0.942. The zero-order valence-corrected chi connectivity index (χ0v) is 12.7. The van der Waals surface area contributed by atoms with Crippen LogP contribution in [0.2, 0.25) is 0 Å². The number of anilines is 1. The van der Waals surface area contributed by atoms with Gasteiger partial charge in [-0.3, -0.25) is 0 Å². The van der Waals surface area contributed by atoms with Gasteiger partial charge in [-0.05, 0) is 32.0 Å². The largest absolute Gasteiger partial charge is 0.377 e. The van der Waals surface area contributed by atoms with Crippen molar-refractivity contribution in [1.29, 1.82) is 0 Å². The molecule has 0 aliphatic heterocycles. The second-order valence-corrected chi connectivity index (χ2v) is 7.54. The zero-order chi connectivity index (χ0) is 14.0. The van der Waals surface area contributed by atoms with Crippen molar-refractivity contribution in [2.24, 2.45) is 0 Å². The van der Waals surface area contributed by atoms with Gasteiger partial charge < -0.3 is 5.32 Å². The molecule has 1 N–H and O–H groups in total. The van der Waals surface area contributed by atoms with Gasteiger partial charge in [-0.2, -0.15) is 0 Å². The summed E-state index contributed by atoms with van der Waals surface area (Å²) in [6.07, 6.45) is 1.21. The minimum atomic E-state index is -3.18. The highest BCUT2D eigenvalue weighted by Crippen LogP contribution is 2.22. The molecule has 102 valence electrons. The predicted molar refractivity (Wildman–Crippen MR) is 78.4 cm³/mol. The number of hydrogen-bond donors (Lipinski definition) is 1. The van der Waals surface area contributed by atoms with Crippen LogP contribution in [-0.4, -0.2) is 19.7 Å². The molecule has 1 aromatic carbocycles. The maximum atomic E-state index is 11.5. The second-order valence-electron chi connectivity index (χ2n) is 4.46. The van der Waals surface area contributed by atoms with Gasteiger partial charge in [0.2, 0.25) is 0 Å². The molecule has 1 atom stereocenters. The van der Waals surface area contributed by atoms with E-state index in [9.17, 15) is 8.42 Å². The summed E-state index contributed by atoms with van der Waals surface area (Å²) in [6, 6.07) is 6.87. The number of sulfone groups is 1. The van der Waals surface area contributed by atoms with E-state index in [-0.39, 0.29) is 6.04 Å². The maximum absolute atomic E-state index is 11.5. The fourth-order valence-corrected chi connectivity index (χ4v) is 3.09. The van der Waals surface area contributed by atoms with Gasteiger partial charge in [0, 0.05) is 17.3 Å². The summed E-state index contributed by atoms with van der Waals surface area (Å²) >= 11 is 1.60. The molecule has 0 aliphatic carbocycles. The Balaban J connectivity index is 2.20. The van der Waals surface area contributed by atoms with Crippen LogP contribution in [0.15, 0.2) is 34.5 Å². The van der Waals surface area contributed by atoms with Crippen LogP contribution in [0.4, 0.5) is 5.69 Å². The number of nitrogens with one attached hydrogen (secondary N) is 1. The van der Waals surface area contributed by atoms with Crippen LogP contribution in [0.3, 0.4) is 0 Å². The minimum Gasteiger partial charge on any atom is -0.377 e. The SMILES string of the molecule is Cc1nc(C(C)Nc2cccc(S(C)(=O)=O)c2)cs1. The highest BCUT2D eigenvalue weighted by atomic mass is 32.2. The molecule has 0 spiro atoms. The Hall–Kier alpha value is -1.40. The van der Waals surface area contributed by atoms with E-state index in [1.807, 2.05) is 25.3 Å². The molecule has 1 unspecified atom stereocenters. The van der Waals surface area contributed by atoms with Crippen molar-refractivity contribution < 1.29 is 8.42 Å². The molecule has 0 saturated heterocycles. The normalized spacial score (nSPS) is 13.2. The van der Waals surface area contributed by atoms with E-state index in [1.54, 1.807) is 29.5 Å². The summed E-state index contributed by atoms with van der Waals surface area (Å²) in [5.74, 6) is 0. The number of aromatic nitrogens is 1. The van der Waals surface area contributed by atoms with Crippen LogP contribution in [0.1, 0.15) is 23.7 Å². The molecule has 0 saturated carbocycles. The van der Waals surface area contributed by atoms with E-state index >= 15 is 0 Å². The van der Waals surface area contributed by atoms with E-state index in [0.717, 1.165) is 16.4 Å². The van der Waals surface area contributed by atoms with E-state index in [4.69, 9.17) is 0 Å². The van der Waals surface area contributed by atoms with Crippen LogP contribution in [0, 0.1) is 6.92 Å². The number of rotatable bonds is 4. The number of thiazole rings is 1. The molecular formula is C13H16N2O2S2. The first-order valence-electron chi connectivity index (χ1n) is 5.85. The highest BCUT2D eigenvalue weighted by Gasteiger charge is 2.11. The van der Waals surface area contributed by atoms with E-state index in [2.05, 4.69) is 10.3 Å². The lowest BCUT2D eigenvalue weighted by Crippen LogP contribution is -2.07. The number of nitrogens with zero attached hydrogens (tertiary/aromatic N) is 1. The average molecular weight is 296 g/mol. The molecule has 0 amide bonds. The van der Waals surface area contributed by atoms with Crippen LogP contribution >= 0.6 is 11.3 Å². The smallest absolute Gasteiger partial charge is 0.175 e. The molecule has 0 fully saturated rings. The second kappa shape index (κ2) is 5.30. The first-order valence-corrected chi connectivity index (χ1v) is 8.62. The fraction of sp³-hybridized carbons (Fsp3) is 0.308. The lowest BCUT2D eigenvalue weighted by Gasteiger charge is -2.13. The number of hydrogen-bond acceptors (Lipinski definition) is 5. The number of benzene rings is 1. The summed E-state index contributed by atoms with van der Waals surface area (Å²) in [6.45, 7) is 3.97. The van der Waals surface area contributed by atoms with Gasteiger partial charge in [-0.25, -0.2) is 13.4 Å². The maximum Gasteiger partial charge on any atom is 0.175 e. The molecular weight excluding hydrogens is 280 g/mol. The van der Waals surface area contributed by atoms with Crippen LogP contribution < -0.4 is 5.32 Å². The van der Waals surface area contributed by atoms with Crippen molar-refractivity contribution in [2.75, 3.05) is 11.6 Å². The molecule has 19 heavy (non-hydrogen) atoms. The molecule has 4 nitrogen and oxygen atoms in total. The summed E-state index contributed by atoms with van der Waals surface area (Å²) < 4.78 is 23.0. The van der Waals surface area contributed by atoms with Gasteiger partial charge in [0.25, 0.3) is 0 Å². The standard InChI is InChI=1S/C13H16N2O2S2/c1-9(13-8-18-10(2)15-13)14-11-5-4-6-12(7-11)19(3,16)17/h4-9,14H,1-3H3. The van der Waals surface area contributed by atoms with Crippen LogP contribution in [-0.2, 0) is 9.84 Å². The lowest BCUT2D eigenvalue weighted by molar-refractivity contribution is 0.602. The molecule has 2 rings (SSSR count). The highest BCUT2D eigenvalue weighted by molar-refractivity contribution is 7.90. The monoisotopic (exact) mass is 296 g/mol. The van der Waals surface area contributed by atoms with Crippen molar-refractivity contribution in [1.82, 2.24) is 4.98 Å². The van der Waals surface area contributed by atoms with Crippen LogP contribution in [0.5, 0.6) is 0 Å². The number of aryl methyl sites for hydroxylation is 1. The molecule has 0 radical (unpaired) electrons. The van der Waals surface area contributed by atoms with Crippen molar-refractivity contribution in [3.63, 3.8) is 0 Å². The van der Waals surface area contributed by atoms with Gasteiger partial charge in [0.05, 0.1) is 21.6 Å². The molecule has 6 heteroatoms. The van der Waals surface area contributed by atoms with Crippen molar-refractivity contribution >= 4 is 26.9 Å². The van der Waals surface area contributed by atoms with Gasteiger partial charge in [0.1, 0.15) is 0 Å². The van der Waals surface area contributed by atoms with E-state index in [1.165, 1.54) is 6.26 Å². The summed E-state index contributed by atoms with van der Waals surface area (Å²) in [4.78, 5) is 4.73. The Morgan fingerprint density at radius 2 is 2.11 bits per heavy atom. The lowest BCUT2D eigenvalue weighted by atomic mass is 10.2. The molecule has 1 heterocycles. The average Bonchev–Trinajstić information content (AvgIpc) is 2.75. The predicted octanol–water partition coefficient (Wildman–Crippen LogP) is 3.03. The minimum absolute atomic E-state index is 0.0414. The van der Waals surface area contributed by atoms with Gasteiger partial charge >= 0.3 is 0 Å². The third kappa shape index (κ3) is 3.54. The Morgan fingerprint density at radius 3 is 2.68 bits per heavy atom. The molecule has 1 aromatic heterocycles. The first-order chi connectivity index (χ1) is 8.86. The first kappa shape index (κ1) is 14.0. The van der Waals surface area contributed by atoms with Gasteiger partial charge in [-0.15, -0.1) is 11.3 Å². The Morgan fingerprint density at radius 1 is 1.37 bits per heavy atom. The third-order valence-corrected chi connectivity index (χ3v) is 4.63. The molecule has 0 bridgehead atoms. The summed E-state index contributed by atoms with van der Waals surface area (Å²) in [7, 11) is -3.18. The summed E-state index contributed by atoms with van der Waals surface area (Å²) in [5.41, 5.74) is 1.74. The van der Waals surface area contributed by atoms with E-state index < -0.39 is 9.84 Å². The Kier molecular flexibility index (Phi) is 3.91. The van der Waals surface area contributed by atoms with Crippen LogP contribution in [0.25, 0.3) is 0 Å². The topological polar surface area (TPSA) is 59.1 Å². The van der Waals surface area contributed by atoms with Gasteiger partial charge in [0.15, 0.2) is 9.84 Å². The molecule has 0 aliphatic rings. The zero-order valence-electron chi connectivity index (χ0n) is 11.0. The Bertz CT molecular complexity index is 677. The summed E-state index contributed by atoms with van der Waals surface area (Å²) in [5, 5.41) is 6.29. The molecule has 2 aromatic rings. The van der Waals surface area contributed by atoms with Crippen molar-refractivity contribution in [3.05, 3.63) is 40.3 Å². The van der Waals surface area contributed by atoms with Crippen molar-refractivity contribution in [2.45, 2.75) is 24.8 Å².